The van der Waals surface area contributed by atoms with Crippen molar-refractivity contribution in [1.29, 1.82) is 0 Å². The first-order chi connectivity index (χ1) is 8.54. The summed E-state index contributed by atoms with van der Waals surface area (Å²) >= 11 is 0. The third kappa shape index (κ3) is 4.67. The van der Waals surface area contributed by atoms with Crippen LogP contribution in [0.3, 0.4) is 0 Å². The third-order valence-electron chi connectivity index (χ3n) is 3.83. The van der Waals surface area contributed by atoms with Crippen LogP contribution in [-0.2, 0) is 9.59 Å². The van der Waals surface area contributed by atoms with Crippen molar-refractivity contribution in [3.8, 4) is 0 Å². The number of hydrogen-bond acceptors (Lipinski definition) is 2. The van der Waals surface area contributed by atoms with Crippen LogP contribution < -0.4 is 0 Å². The maximum absolute atomic E-state index is 12.0. The van der Waals surface area contributed by atoms with E-state index in [0.717, 1.165) is 32.4 Å². The molecular formula is C14H25NO3. The van der Waals surface area contributed by atoms with E-state index in [0.29, 0.717) is 25.2 Å². The molecule has 0 spiro atoms. The average molecular weight is 255 g/mol. The summed E-state index contributed by atoms with van der Waals surface area (Å²) in [7, 11) is 0. The molecule has 1 fully saturated rings. The summed E-state index contributed by atoms with van der Waals surface area (Å²) in [4.78, 5) is 24.9. The van der Waals surface area contributed by atoms with Gasteiger partial charge in [0.1, 0.15) is 0 Å². The maximum Gasteiger partial charge on any atom is 0.306 e. The molecule has 1 heterocycles. The number of amides is 1. The Hall–Kier alpha value is -1.06. The fourth-order valence-corrected chi connectivity index (χ4v) is 2.45. The van der Waals surface area contributed by atoms with E-state index < -0.39 is 5.97 Å². The first-order valence-corrected chi connectivity index (χ1v) is 7.05. The molecule has 1 aliphatic heterocycles. The fourth-order valence-electron chi connectivity index (χ4n) is 2.45. The zero-order chi connectivity index (χ0) is 13.5. The van der Waals surface area contributed by atoms with Gasteiger partial charge in [0.25, 0.3) is 0 Å². The highest BCUT2D eigenvalue weighted by Gasteiger charge is 2.22. The van der Waals surface area contributed by atoms with Crippen LogP contribution in [-0.4, -0.2) is 35.0 Å². The lowest BCUT2D eigenvalue weighted by Gasteiger charge is -2.30. The van der Waals surface area contributed by atoms with E-state index in [1.54, 1.807) is 0 Å². The zero-order valence-corrected chi connectivity index (χ0v) is 11.5. The summed E-state index contributed by atoms with van der Waals surface area (Å²) in [5.74, 6) is -0.287. The lowest BCUT2D eigenvalue weighted by molar-refractivity contribution is -0.142. The van der Waals surface area contributed by atoms with Gasteiger partial charge in [-0.25, -0.2) is 0 Å². The SMILES string of the molecule is CCCC(CCC(=O)N1CCC(C)CC1)C(=O)O. The fraction of sp³-hybridized carbons (Fsp3) is 0.857. The lowest BCUT2D eigenvalue weighted by Crippen LogP contribution is -2.38. The van der Waals surface area contributed by atoms with E-state index in [-0.39, 0.29) is 11.8 Å². The highest BCUT2D eigenvalue weighted by atomic mass is 16.4. The maximum atomic E-state index is 12.0. The number of nitrogens with zero attached hydrogens (tertiary/aromatic N) is 1. The van der Waals surface area contributed by atoms with Gasteiger partial charge in [0, 0.05) is 19.5 Å². The Morgan fingerprint density at radius 1 is 1.28 bits per heavy atom. The van der Waals surface area contributed by atoms with Crippen LogP contribution in [0.4, 0.5) is 0 Å². The minimum absolute atomic E-state index is 0.129. The second-order valence-corrected chi connectivity index (χ2v) is 5.43. The van der Waals surface area contributed by atoms with Crippen LogP contribution in [0.5, 0.6) is 0 Å². The van der Waals surface area contributed by atoms with Crippen LogP contribution >= 0.6 is 0 Å². The van der Waals surface area contributed by atoms with Crippen molar-refractivity contribution in [2.75, 3.05) is 13.1 Å². The van der Waals surface area contributed by atoms with Crippen molar-refractivity contribution in [2.24, 2.45) is 11.8 Å². The average Bonchev–Trinajstić information content (AvgIpc) is 2.34. The minimum atomic E-state index is -0.767. The van der Waals surface area contributed by atoms with Gasteiger partial charge in [-0.05, 0) is 31.6 Å². The molecule has 1 amide bonds. The summed E-state index contributed by atoms with van der Waals surface area (Å²) in [6.45, 7) is 5.87. The Morgan fingerprint density at radius 3 is 2.39 bits per heavy atom. The predicted octanol–water partition coefficient (Wildman–Crippen LogP) is 2.53. The van der Waals surface area contributed by atoms with Gasteiger partial charge < -0.3 is 10.0 Å². The van der Waals surface area contributed by atoms with Crippen LogP contribution in [0.2, 0.25) is 0 Å². The molecule has 0 radical (unpaired) electrons. The highest BCUT2D eigenvalue weighted by Crippen LogP contribution is 2.19. The minimum Gasteiger partial charge on any atom is -0.481 e. The first-order valence-electron chi connectivity index (χ1n) is 7.05. The molecule has 0 aromatic heterocycles. The molecule has 0 bridgehead atoms. The molecule has 1 unspecified atom stereocenters. The molecule has 1 aliphatic rings. The van der Waals surface area contributed by atoms with E-state index in [1.165, 1.54) is 0 Å². The molecule has 1 atom stereocenters. The molecule has 1 N–H and O–H groups in total. The molecule has 4 nitrogen and oxygen atoms in total. The van der Waals surface area contributed by atoms with Gasteiger partial charge in [-0.3, -0.25) is 9.59 Å². The topological polar surface area (TPSA) is 57.6 Å². The normalized spacial score (nSPS) is 18.7. The molecule has 0 aromatic carbocycles. The quantitative estimate of drug-likeness (QED) is 0.793. The van der Waals surface area contributed by atoms with Crippen molar-refractivity contribution < 1.29 is 14.7 Å². The second kappa shape index (κ2) is 7.39. The monoisotopic (exact) mass is 255 g/mol. The Balaban J connectivity index is 2.33. The van der Waals surface area contributed by atoms with Gasteiger partial charge in [0.15, 0.2) is 0 Å². The first kappa shape index (κ1) is 15.0. The number of carboxylic acid groups (broad SMARTS) is 1. The summed E-state index contributed by atoms with van der Waals surface area (Å²) in [6, 6.07) is 0. The smallest absolute Gasteiger partial charge is 0.306 e. The molecule has 0 saturated carbocycles. The number of carboxylic acids is 1. The predicted molar refractivity (Wildman–Crippen MR) is 70.2 cm³/mol. The Bertz CT molecular complexity index is 283. The highest BCUT2D eigenvalue weighted by molar-refractivity contribution is 5.77. The van der Waals surface area contributed by atoms with Gasteiger partial charge >= 0.3 is 5.97 Å². The van der Waals surface area contributed by atoms with Crippen molar-refractivity contribution in [3.05, 3.63) is 0 Å². The van der Waals surface area contributed by atoms with Gasteiger partial charge in [0.2, 0.25) is 5.91 Å². The van der Waals surface area contributed by atoms with Crippen molar-refractivity contribution >= 4 is 11.9 Å². The van der Waals surface area contributed by atoms with Gasteiger partial charge in [-0.1, -0.05) is 20.3 Å². The third-order valence-corrected chi connectivity index (χ3v) is 3.83. The van der Waals surface area contributed by atoms with E-state index >= 15 is 0 Å². The molecule has 0 aromatic rings. The Kier molecular flexibility index (Phi) is 6.16. The number of likely N-dealkylation sites (tertiary alicyclic amines) is 1. The van der Waals surface area contributed by atoms with Gasteiger partial charge in [0.05, 0.1) is 5.92 Å². The van der Waals surface area contributed by atoms with Crippen molar-refractivity contribution in [2.45, 2.75) is 52.4 Å². The van der Waals surface area contributed by atoms with Crippen molar-refractivity contribution in [3.63, 3.8) is 0 Å². The largest absolute Gasteiger partial charge is 0.481 e. The van der Waals surface area contributed by atoms with Gasteiger partial charge in [-0.2, -0.15) is 0 Å². The summed E-state index contributed by atoms with van der Waals surface area (Å²) in [5.41, 5.74) is 0. The van der Waals surface area contributed by atoms with Crippen LogP contribution in [0.15, 0.2) is 0 Å². The molecule has 1 rings (SSSR count). The van der Waals surface area contributed by atoms with Crippen LogP contribution in [0.1, 0.15) is 52.4 Å². The van der Waals surface area contributed by atoms with E-state index in [9.17, 15) is 9.59 Å². The summed E-state index contributed by atoms with van der Waals surface area (Å²) in [6.07, 6.45) is 4.53. The Morgan fingerprint density at radius 2 is 1.89 bits per heavy atom. The molecule has 0 aliphatic carbocycles. The number of piperidine rings is 1. The van der Waals surface area contributed by atoms with E-state index in [4.69, 9.17) is 5.11 Å². The number of aliphatic carboxylic acids is 1. The van der Waals surface area contributed by atoms with Crippen molar-refractivity contribution in [1.82, 2.24) is 4.90 Å². The lowest BCUT2D eigenvalue weighted by atomic mass is 9.96. The summed E-state index contributed by atoms with van der Waals surface area (Å²) < 4.78 is 0. The standard InChI is InChI=1S/C14H25NO3/c1-3-4-12(14(17)18)5-6-13(16)15-9-7-11(2)8-10-15/h11-12H,3-10H2,1-2H3,(H,17,18). The number of rotatable bonds is 6. The number of carbonyl (C=O) groups is 2. The molecule has 18 heavy (non-hydrogen) atoms. The van der Waals surface area contributed by atoms with E-state index in [1.807, 2.05) is 11.8 Å². The van der Waals surface area contributed by atoms with Crippen LogP contribution in [0.25, 0.3) is 0 Å². The molecule has 1 saturated heterocycles. The van der Waals surface area contributed by atoms with E-state index in [2.05, 4.69) is 6.92 Å². The molecule has 4 heteroatoms. The number of hydrogen-bond donors (Lipinski definition) is 1. The summed E-state index contributed by atoms with van der Waals surface area (Å²) in [5, 5.41) is 9.04. The second-order valence-electron chi connectivity index (χ2n) is 5.43. The molecule has 104 valence electrons. The number of carbonyl (C=O) groups excluding carboxylic acids is 1. The van der Waals surface area contributed by atoms with Crippen LogP contribution in [0, 0.1) is 11.8 Å². The molecular weight excluding hydrogens is 230 g/mol. The van der Waals surface area contributed by atoms with Gasteiger partial charge in [-0.15, -0.1) is 0 Å². The zero-order valence-electron chi connectivity index (χ0n) is 11.5. The Labute approximate surface area is 109 Å².